The van der Waals surface area contributed by atoms with E-state index in [1.807, 2.05) is 67.4 Å². The molecule has 3 heterocycles. The number of aliphatic hydroxyl groups excluding tert-OH is 1. The summed E-state index contributed by atoms with van der Waals surface area (Å²) in [7, 11) is 10.6. The van der Waals surface area contributed by atoms with Crippen LogP contribution in [0.15, 0.2) is 174 Å². The summed E-state index contributed by atoms with van der Waals surface area (Å²) >= 11 is 6.43. The summed E-state index contributed by atoms with van der Waals surface area (Å²) in [6.45, 7) is 18.8. The number of hydrogen-bond donors (Lipinski definition) is 4. The fraction of sp³-hybridized carbons (Fsp3) is 0.393. The molecule has 0 aromatic heterocycles. The van der Waals surface area contributed by atoms with Gasteiger partial charge in [0.05, 0.1) is 109 Å². The number of aliphatic carboxylic acids is 2. The van der Waals surface area contributed by atoms with E-state index in [-0.39, 0.29) is 83.3 Å². The molecule has 0 aliphatic carbocycles. The number of halogens is 2. The zero-order chi connectivity index (χ0) is 85.0. The second kappa shape index (κ2) is 61.2. The minimum atomic E-state index is -0.861. The van der Waals surface area contributed by atoms with Crippen molar-refractivity contribution in [2.24, 2.45) is 4.30 Å². The van der Waals surface area contributed by atoms with Crippen molar-refractivity contribution in [1.82, 2.24) is 29.4 Å². The first-order chi connectivity index (χ1) is 55.3. The molecule has 3 aliphatic heterocycles. The van der Waals surface area contributed by atoms with Crippen LogP contribution in [0.3, 0.4) is 0 Å². The first-order valence-electron chi connectivity index (χ1n) is 37.1. The molecule has 0 bridgehead atoms. The van der Waals surface area contributed by atoms with Crippen LogP contribution >= 0.6 is 28.7 Å². The van der Waals surface area contributed by atoms with Gasteiger partial charge >= 0.3 is 54.6 Å². The van der Waals surface area contributed by atoms with E-state index in [4.69, 9.17) is 56.0 Å². The van der Waals surface area contributed by atoms with E-state index < -0.39 is 22.8 Å². The summed E-state index contributed by atoms with van der Waals surface area (Å²) in [4.78, 5) is 82.3. The molecule has 3 N–H and O–H groups in total. The van der Waals surface area contributed by atoms with Crippen LogP contribution in [0, 0.1) is 73.8 Å². The average molecular weight is 1700 g/mol. The zero-order valence-electron chi connectivity index (χ0n) is 65.9. The van der Waals surface area contributed by atoms with Crippen molar-refractivity contribution in [2.45, 2.75) is 105 Å². The number of carboxylic acids is 2. The number of carbonyl (C=O) groups excluding carboxylic acids is 4. The molecular formula is C89H111BBrFN13O12S. The van der Waals surface area contributed by atoms with E-state index in [9.17, 15) is 38.3 Å². The molecule has 4 atom stereocenters. The quantitative estimate of drug-likeness (QED) is 0.0161. The molecule has 29 heteroatoms. The van der Waals surface area contributed by atoms with Crippen molar-refractivity contribution in [2.75, 3.05) is 126 Å². The van der Waals surface area contributed by atoms with Gasteiger partial charge < -0.3 is 44.2 Å². The van der Waals surface area contributed by atoms with Gasteiger partial charge in [0.2, 0.25) is 0 Å². The average Bonchev–Trinajstić information content (AvgIpc) is 0.827. The monoisotopic (exact) mass is 1690 g/mol. The minimum absolute atomic E-state index is 0. The molecule has 3 saturated heterocycles. The van der Waals surface area contributed by atoms with E-state index >= 15 is 0 Å². The predicted molar refractivity (Wildman–Crippen MR) is 461 cm³/mol. The van der Waals surface area contributed by atoms with Crippen LogP contribution < -0.4 is 0 Å². The van der Waals surface area contributed by atoms with Crippen LogP contribution in [-0.4, -0.2) is 214 Å². The molecule has 4 unspecified atom stereocenters. The Bertz CT molecular complexity index is 4380. The van der Waals surface area contributed by atoms with Gasteiger partial charge in [0, 0.05) is 91.6 Å². The van der Waals surface area contributed by atoms with Gasteiger partial charge in [-0.2, -0.15) is 31.6 Å². The first-order valence-corrected chi connectivity index (χ1v) is 38.4. The number of thiol groups is 1. The molecule has 1 radical (unpaired) electrons. The van der Waals surface area contributed by atoms with E-state index in [1.54, 1.807) is 154 Å². The number of alkyl halides is 1. The number of carboxylic acid groups (broad SMARTS) is 2. The van der Waals surface area contributed by atoms with Crippen molar-refractivity contribution < 1.29 is 62.7 Å². The third-order valence-corrected chi connectivity index (χ3v) is 18.5. The van der Waals surface area contributed by atoms with E-state index in [2.05, 4.69) is 91.4 Å². The van der Waals surface area contributed by atoms with Gasteiger partial charge in [-0.05, 0) is 186 Å². The molecule has 0 spiro atoms. The first kappa shape index (κ1) is 107. The summed E-state index contributed by atoms with van der Waals surface area (Å²) in [5, 5.41) is 77.7. The normalized spacial score (nSPS) is 13.8. The Morgan fingerprint density at radius 2 is 0.729 bits per heavy atom. The Hall–Kier alpha value is -11.2. The molecule has 3 fully saturated rings. The van der Waals surface area contributed by atoms with Crippen LogP contribution in [-0.2, 0) is 62.2 Å². The Balaban J connectivity index is 0.00000139. The Morgan fingerprint density at radius 3 is 1.05 bits per heavy atom. The van der Waals surface area contributed by atoms with Crippen LogP contribution in [0.5, 0.6) is 0 Å². The number of nitriles is 6. The Morgan fingerprint density at radius 1 is 0.449 bits per heavy atom. The SMILES string of the molecule is C.C.C.CCO.CCOC(=O)C(Br)c1ccc(C#N)cc1.CCOC(=O)C(c1ccc(C#N)cc1)N1CCN(C)CC1.CCOC(=O)Cc1ccc(C#N)cc1.CN1CCN(C(C(=O)CCCc2ccc(F)cc2)c2ccc(C#N)cc2)CC1.CN1CCN(C(C(=O)O)c2ccc(C#N)cc2)CC1.N#Cc1ccc(CC(=O)O)cc1.[B]=NS. The van der Waals surface area contributed by atoms with Gasteiger partial charge in [-0.25, -0.2) is 9.18 Å². The Labute approximate surface area is 711 Å². The third kappa shape index (κ3) is 40.1. The van der Waals surface area contributed by atoms with Gasteiger partial charge in [0.15, 0.2) is 5.78 Å². The van der Waals surface area contributed by atoms with Crippen molar-refractivity contribution in [3.05, 3.63) is 248 Å². The molecule has 118 heavy (non-hydrogen) atoms. The second-order valence-electron chi connectivity index (χ2n) is 25.9. The molecule has 0 saturated carbocycles. The number of benzene rings is 7. The van der Waals surface area contributed by atoms with E-state index in [0.717, 1.165) is 125 Å². The molecule has 25 nitrogen and oxygen atoms in total. The number of likely N-dealkylation sites (N-methyl/N-ethyl adjacent to an activating group) is 3. The zero-order valence-corrected chi connectivity index (χ0v) is 68.4. The number of aryl methyl sites for hydroxylation is 1. The number of aliphatic hydroxyl groups is 1. The van der Waals surface area contributed by atoms with Crippen LogP contribution in [0.2, 0.25) is 0 Å². The topological polar surface area (TPSA) is 365 Å². The van der Waals surface area contributed by atoms with Gasteiger partial charge in [-0.3, -0.25) is 38.7 Å². The third-order valence-electron chi connectivity index (χ3n) is 17.6. The number of nitrogens with zero attached hydrogens (tertiary/aromatic N) is 13. The number of ether oxygens (including phenoxy) is 3. The summed E-state index contributed by atoms with van der Waals surface area (Å²) in [5.74, 6) is -2.51. The van der Waals surface area contributed by atoms with Gasteiger partial charge in [0.25, 0.3) is 0 Å². The molecule has 3 aliphatic rings. The molecule has 7 aromatic rings. The number of piperazine rings is 3. The number of hydrogen-bond acceptors (Lipinski definition) is 24. The van der Waals surface area contributed by atoms with Gasteiger partial charge in [-0.15, -0.1) is 0 Å². The molecular weight excluding hydrogens is 1580 g/mol. The standard InChI is InChI=1S/C23H26FN3O.C16H21N3O2.C14H17N3O2.C11H10BrNO2.C11H11NO2.C9H7NO2.C2H6O.3CH4.BHNS/c1-26-13-15-27(16-14-26)23(20-9-5-19(17-25)6-10-20)22(28)4-2-3-18-7-11-21(24)12-8-18;1-3-21-16(20)15(19-10-8-18(2)9-11-19)14-6-4-13(12-17)5-7-14;1-16-6-8-17(9-7-16)13(14(18)19)12-4-2-11(10-15)3-5-12;1-2-15-11(14)10(12)9-5-3-8(7-13)4-6-9;1-2-14-11(13)7-9-3-5-10(8-12)6-4-9;10-6-8-3-1-7(2-4-8)5-9(11)12;1-2-3;;;;1-2-3/h5-12,23H,2-4,13-16H2,1H3;4-7,15H,3,8-11H2,1-2H3;2-5,13H,6-9H2,1H3,(H,18,19);3-6,10H,2H2,1H3;3-6H,2,7H2,1H3;1-4H,5H2,(H,11,12);3H,2H2,1H3;3*1H4;3H. The summed E-state index contributed by atoms with van der Waals surface area (Å²) < 4.78 is 30.6. The fourth-order valence-corrected chi connectivity index (χ4v) is 12.0. The van der Waals surface area contributed by atoms with Crippen LogP contribution in [0.25, 0.3) is 0 Å². The van der Waals surface area contributed by atoms with Crippen molar-refractivity contribution in [3.8, 4) is 36.4 Å². The molecule has 627 valence electrons. The number of rotatable bonds is 22. The summed E-state index contributed by atoms with van der Waals surface area (Å²) in [6.07, 6.45) is 2.25. The number of carbonyl (C=O) groups is 6. The van der Waals surface area contributed by atoms with Gasteiger partial charge in [0.1, 0.15) is 22.7 Å². The maximum atomic E-state index is 13.1. The molecule has 7 aromatic carbocycles. The van der Waals surface area contributed by atoms with Crippen molar-refractivity contribution in [3.63, 3.8) is 0 Å². The van der Waals surface area contributed by atoms with E-state index in [0.29, 0.717) is 65.2 Å². The van der Waals surface area contributed by atoms with E-state index in [1.165, 1.54) is 12.1 Å². The van der Waals surface area contributed by atoms with Crippen LogP contribution in [0.4, 0.5) is 4.39 Å². The van der Waals surface area contributed by atoms with Crippen molar-refractivity contribution in [1.29, 1.82) is 31.6 Å². The maximum absolute atomic E-state index is 13.1. The number of Topliss-reactive ketones (excluding diaryl/α,β-unsaturated/α-hetero) is 1. The van der Waals surface area contributed by atoms with Crippen LogP contribution in [0.1, 0.15) is 158 Å². The number of ketones is 1. The molecule has 10 rings (SSSR count). The van der Waals surface area contributed by atoms with Gasteiger partial charge in [-0.1, -0.05) is 123 Å². The molecule has 0 amide bonds. The predicted octanol–water partition coefficient (Wildman–Crippen LogP) is 13.4. The van der Waals surface area contributed by atoms with Crippen molar-refractivity contribution >= 4 is 72.0 Å². The second-order valence-corrected chi connectivity index (χ2v) is 27.1. The summed E-state index contributed by atoms with van der Waals surface area (Å²) in [6, 6.07) is 59.0. The fourth-order valence-electron chi connectivity index (χ4n) is 11.6. The Kier molecular flexibility index (Phi) is 55.4. The summed E-state index contributed by atoms with van der Waals surface area (Å²) in [5.41, 5.74) is 9.43. The number of esters is 3.